The predicted octanol–water partition coefficient (Wildman–Crippen LogP) is 2.30. The molecule has 0 unspecified atom stereocenters. The molecule has 4 nitrogen and oxygen atoms in total. The van der Waals surface area contributed by atoms with Crippen LogP contribution in [0.4, 0.5) is 5.69 Å². The van der Waals surface area contributed by atoms with Crippen molar-refractivity contribution < 1.29 is 4.79 Å². The molecule has 0 aromatic heterocycles. The Bertz CT molecular complexity index is 468. The van der Waals surface area contributed by atoms with Gasteiger partial charge in [-0.05, 0) is 37.6 Å². The number of rotatable bonds is 3. The number of anilines is 1. The van der Waals surface area contributed by atoms with Crippen molar-refractivity contribution in [2.45, 2.75) is 19.9 Å². The van der Waals surface area contributed by atoms with Crippen LogP contribution >= 0.6 is 24.0 Å². The van der Waals surface area contributed by atoms with Crippen molar-refractivity contribution in [3.05, 3.63) is 28.8 Å². The van der Waals surface area contributed by atoms with Gasteiger partial charge in [0.2, 0.25) is 5.91 Å². The SMILES string of the molecule is Cc1cc(Cl)ccc1NC(=O)CN1CCNC[C@H]1C.Cl. The average Bonchev–Trinajstić information content (AvgIpc) is 2.36. The van der Waals surface area contributed by atoms with Crippen LogP contribution < -0.4 is 10.6 Å². The van der Waals surface area contributed by atoms with Crippen LogP contribution in [0.3, 0.4) is 0 Å². The number of carbonyl (C=O) groups is 1. The highest BCUT2D eigenvalue weighted by Gasteiger charge is 2.20. The minimum atomic E-state index is 0. The van der Waals surface area contributed by atoms with Crippen molar-refractivity contribution in [2.24, 2.45) is 0 Å². The summed E-state index contributed by atoms with van der Waals surface area (Å²) in [7, 11) is 0. The zero-order chi connectivity index (χ0) is 13.8. The van der Waals surface area contributed by atoms with Gasteiger partial charge in [0, 0.05) is 36.4 Å². The third-order valence-electron chi connectivity index (χ3n) is 3.45. The number of hydrogen-bond acceptors (Lipinski definition) is 3. The summed E-state index contributed by atoms with van der Waals surface area (Å²) < 4.78 is 0. The number of halogens is 2. The van der Waals surface area contributed by atoms with Gasteiger partial charge in [-0.15, -0.1) is 12.4 Å². The fraction of sp³-hybridized carbons (Fsp3) is 0.500. The molecule has 0 bridgehead atoms. The minimum absolute atomic E-state index is 0. The molecule has 1 saturated heterocycles. The lowest BCUT2D eigenvalue weighted by Gasteiger charge is -2.33. The molecule has 0 saturated carbocycles. The van der Waals surface area contributed by atoms with Crippen molar-refractivity contribution in [1.29, 1.82) is 0 Å². The van der Waals surface area contributed by atoms with Crippen molar-refractivity contribution in [3.63, 3.8) is 0 Å². The van der Waals surface area contributed by atoms with Crippen LogP contribution in [-0.4, -0.2) is 43.0 Å². The highest BCUT2D eigenvalue weighted by atomic mass is 35.5. The van der Waals surface area contributed by atoms with E-state index in [1.165, 1.54) is 0 Å². The monoisotopic (exact) mass is 317 g/mol. The van der Waals surface area contributed by atoms with Gasteiger partial charge in [-0.3, -0.25) is 9.69 Å². The second-order valence-electron chi connectivity index (χ2n) is 5.03. The molecule has 0 spiro atoms. The first-order valence-corrected chi connectivity index (χ1v) is 6.95. The van der Waals surface area contributed by atoms with Crippen LogP contribution in [0.25, 0.3) is 0 Å². The van der Waals surface area contributed by atoms with Gasteiger partial charge in [-0.2, -0.15) is 0 Å². The number of hydrogen-bond donors (Lipinski definition) is 2. The highest BCUT2D eigenvalue weighted by molar-refractivity contribution is 6.30. The summed E-state index contributed by atoms with van der Waals surface area (Å²) >= 11 is 5.90. The van der Waals surface area contributed by atoms with Gasteiger partial charge >= 0.3 is 0 Å². The van der Waals surface area contributed by atoms with Gasteiger partial charge in [0.05, 0.1) is 6.54 Å². The van der Waals surface area contributed by atoms with E-state index in [2.05, 4.69) is 22.5 Å². The summed E-state index contributed by atoms with van der Waals surface area (Å²) in [5.74, 6) is 0.0270. The first-order valence-electron chi connectivity index (χ1n) is 6.57. The molecule has 0 aliphatic carbocycles. The molecule has 2 N–H and O–H groups in total. The van der Waals surface area contributed by atoms with Crippen LogP contribution in [0.1, 0.15) is 12.5 Å². The Labute approximate surface area is 131 Å². The first-order chi connectivity index (χ1) is 9.06. The van der Waals surface area contributed by atoms with E-state index in [1.54, 1.807) is 6.07 Å². The second kappa shape index (κ2) is 7.84. The molecule has 112 valence electrons. The maximum atomic E-state index is 12.1. The predicted molar refractivity (Wildman–Crippen MR) is 86.0 cm³/mol. The average molecular weight is 318 g/mol. The Balaban J connectivity index is 0.00000200. The smallest absolute Gasteiger partial charge is 0.238 e. The number of nitrogens with zero attached hydrogens (tertiary/aromatic N) is 1. The van der Waals surface area contributed by atoms with Gasteiger partial charge in [-0.1, -0.05) is 11.6 Å². The Morgan fingerprint density at radius 3 is 2.95 bits per heavy atom. The molecule has 1 atom stereocenters. The third kappa shape index (κ3) is 4.63. The van der Waals surface area contributed by atoms with Crippen molar-refractivity contribution >= 4 is 35.6 Å². The molecular formula is C14H21Cl2N3O. The van der Waals surface area contributed by atoms with Crippen molar-refractivity contribution in [3.8, 4) is 0 Å². The van der Waals surface area contributed by atoms with Crippen LogP contribution in [0, 0.1) is 6.92 Å². The van der Waals surface area contributed by atoms with E-state index < -0.39 is 0 Å². The number of benzene rings is 1. The van der Waals surface area contributed by atoms with Crippen LogP contribution in [0.2, 0.25) is 5.02 Å². The quantitative estimate of drug-likeness (QED) is 0.899. The Kier molecular flexibility index (Phi) is 6.76. The van der Waals surface area contributed by atoms with E-state index in [9.17, 15) is 4.79 Å². The summed E-state index contributed by atoms with van der Waals surface area (Å²) in [6.07, 6.45) is 0. The summed E-state index contributed by atoms with van der Waals surface area (Å²) in [6, 6.07) is 5.88. The molecule has 20 heavy (non-hydrogen) atoms. The normalized spacial score (nSPS) is 19.2. The maximum absolute atomic E-state index is 12.1. The summed E-state index contributed by atoms with van der Waals surface area (Å²) in [6.45, 7) is 7.30. The van der Waals surface area contributed by atoms with E-state index in [0.29, 0.717) is 17.6 Å². The molecular weight excluding hydrogens is 297 g/mol. The molecule has 1 aromatic carbocycles. The fourth-order valence-electron chi connectivity index (χ4n) is 2.26. The zero-order valence-corrected chi connectivity index (χ0v) is 13.4. The highest BCUT2D eigenvalue weighted by Crippen LogP contribution is 2.19. The summed E-state index contributed by atoms with van der Waals surface area (Å²) in [5, 5.41) is 6.95. The number of carbonyl (C=O) groups excluding carboxylic acids is 1. The molecule has 2 rings (SSSR count). The minimum Gasteiger partial charge on any atom is -0.325 e. The standard InChI is InChI=1S/C14H20ClN3O.ClH/c1-10-7-12(15)3-4-13(10)17-14(19)9-18-6-5-16-8-11(18)2;/h3-4,7,11,16H,5-6,8-9H2,1-2H3,(H,17,19);1H/t11-;/m1./s1. The lowest BCUT2D eigenvalue weighted by Crippen LogP contribution is -2.52. The molecule has 6 heteroatoms. The third-order valence-corrected chi connectivity index (χ3v) is 3.68. The topological polar surface area (TPSA) is 44.4 Å². The van der Waals surface area contributed by atoms with Gasteiger partial charge in [-0.25, -0.2) is 0 Å². The van der Waals surface area contributed by atoms with Gasteiger partial charge < -0.3 is 10.6 Å². The first kappa shape index (κ1) is 17.2. The van der Waals surface area contributed by atoms with Crippen LogP contribution in [-0.2, 0) is 4.79 Å². The lowest BCUT2D eigenvalue weighted by atomic mass is 10.2. The molecule has 1 amide bonds. The van der Waals surface area contributed by atoms with Crippen LogP contribution in [0.5, 0.6) is 0 Å². The Hall–Kier alpha value is -0.810. The Morgan fingerprint density at radius 1 is 1.55 bits per heavy atom. The largest absolute Gasteiger partial charge is 0.325 e. The molecule has 1 heterocycles. The van der Waals surface area contributed by atoms with Crippen LogP contribution in [0.15, 0.2) is 18.2 Å². The van der Waals surface area contributed by atoms with Crippen molar-refractivity contribution in [2.75, 3.05) is 31.5 Å². The number of piperazine rings is 1. The molecule has 1 aliphatic rings. The molecule has 0 radical (unpaired) electrons. The van der Waals surface area contributed by atoms with E-state index in [-0.39, 0.29) is 18.3 Å². The zero-order valence-electron chi connectivity index (χ0n) is 11.8. The van der Waals surface area contributed by atoms with Gasteiger partial charge in [0.15, 0.2) is 0 Å². The van der Waals surface area contributed by atoms with E-state index in [4.69, 9.17) is 11.6 Å². The van der Waals surface area contributed by atoms with Crippen molar-refractivity contribution in [1.82, 2.24) is 10.2 Å². The van der Waals surface area contributed by atoms with Gasteiger partial charge in [0.1, 0.15) is 0 Å². The summed E-state index contributed by atoms with van der Waals surface area (Å²) in [4.78, 5) is 14.2. The number of amides is 1. The number of aryl methyl sites for hydroxylation is 1. The van der Waals surface area contributed by atoms with E-state index in [0.717, 1.165) is 30.9 Å². The number of nitrogens with one attached hydrogen (secondary N) is 2. The fourth-order valence-corrected chi connectivity index (χ4v) is 2.49. The lowest BCUT2D eigenvalue weighted by molar-refractivity contribution is -0.118. The van der Waals surface area contributed by atoms with E-state index in [1.807, 2.05) is 19.1 Å². The molecule has 1 aromatic rings. The molecule has 1 aliphatic heterocycles. The Morgan fingerprint density at radius 2 is 2.30 bits per heavy atom. The summed E-state index contributed by atoms with van der Waals surface area (Å²) in [5.41, 5.74) is 1.81. The van der Waals surface area contributed by atoms with E-state index >= 15 is 0 Å². The van der Waals surface area contributed by atoms with Gasteiger partial charge in [0.25, 0.3) is 0 Å². The maximum Gasteiger partial charge on any atom is 0.238 e. The molecule has 1 fully saturated rings. The second-order valence-corrected chi connectivity index (χ2v) is 5.47.